The zero-order chi connectivity index (χ0) is 9.35. The largest absolute Gasteiger partial charge is 0.465 e. The number of hydrogen-bond donors (Lipinski definition) is 1. The number of nitrogens with two attached hydrogens (primary N) is 1. The summed E-state index contributed by atoms with van der Waals surface area (Å²) in [6.45, 7) is 0.0350. The molecule has 2 atom stereocenters. The van der Waals surface area contributed by atoms with Gasteiger partial charge in [0.2, 0.25) is 0 Å². The number of rotatable bonds is 1. The van der Waals surface area contributed by atoms with Crippen LogP contribution in [0.15, 0.2) is 0 Å². The van der Waals surface area contributed by atoms with Gasteiger partial charge in [-0.3, -0.25) is 4.79 Å². The Morgan fingerprint density at radius 3 is 2.50 bits per heavy atom. The van der Waals surface area contributed by atoms with Gasteiger partial charge in [-0.2, -0.15) is 13.2 Å². The van der Waals surface area contributed by atoms with E-state index in [4.69, 9.17) is 5.73 Å². The van der Waals surface area contributed by atoms with Crippen molar-refractivity contribution in [2.45, 2.75) is 18.6 Å². The van der Waals surface area contributed by atoms with Gasteiger partial charge in [-0.15, -0.1) is 0 Å². The molecule has 0 amide bonds. The highest BCUT2D eigenvalue weighted by atomic mass is 19.4. The molecular formula is C6H8F3NO2. The van der Waals surface area contributed by atoms with Crippen LogP contribution in [0.2, 0.25) is 0 Å². The minimum absolute atomic E-state index is 0.0350. The van der Waals surface area contributed by atoms with E-state index in [2.05, 4.69) is 4.74 Å². The van der Waals surface area contributed by atoms with E-state index in [0.717, 1.165) is 0 Å². The maximum Gasteiger partial charge on any atom is 0.404 e. The SMILES string of the molecule is N[C@@H](C1CCOC1=O)C(F)(F)F. The van der Waals surface area contributed by atoms with Crippen LogP contribution < -0.4 is 5.73 Å². The molecule has 70 valence electrons. The van der Waals surface area contributed by atoms with Crippen molar-refractivity contribution in [3.8, 4) is 0 Å². The Bertz CT molecular complexity index is 192. The molecule has 1 heterocycles. The Morgan fingerprint density at radius 2 is 2.17 bits per heavy atom. The molecule has 1 aliphatic rings. The average Bonchev–Trinajstić information content (AvgIpc) is 2.31. The fourth-order valence-corrected chi connectivity index (χ4v) is 1.07. The third-order valence-electron chi connectivity index (χ3n) is 1.79. The lowest BCUT2D eigenvalue weighted by molar-refractivity contribution is -0.168. The molecule has 0 radical (unpaired) electrons. The van der Waals surface area contributed by atoms with Crippen LogP contribution in [-0.4, -0.2) is 24.8 Å². The maximum atomic E-state index is 11.9. The summed E-state index contributed by atoms with van der Waals surface area (Å²) in [4.78, 5) is 10.7. The van der Waals surface area contributed by atoms with Crippen LogP contribution in [0.3, 0.4) is 0 Å². The maximum absolute atomic E-state index is 11.9. The molecule has 3 nitrogen and oxygen atoms in total. The van der Waals surface area contributed by atoms with Crippen LogP contribution in [0.25, 0.3) is 0 Å². The first kappa shape index (κ1) is 9.31. The molecule has 1 aliphatic heterocycles. The van der Waals surface area contributed by atoms with Gasteiger partial charge in [0, 0.05) is 0 Å². The Kier molecular flexibility index (Phi) is 2.27. The van der Waals surface area contributed by atoms with E-state index in [-0.39, 0.29) is 13.0 Å². The van der Waals surface area contributed by atoms with Gasteiger partial charge < -0.3 is 10.5 Å². The molecule has 0 aromatic carbocycles. The van der Waals surface area contributed by atoms with E-state index < -0.39 is 24.1 Å². The Morgan fingerprint density at radius 1 is 1.58 bits per heavy atom. The van der Waals surface area contributed by atoms with Gasteiger partial charge in [0.1, 0.15) is 6.04 Å². The first-order chi connectivity index (χ1) is 5.43. The van der Waals surface area contributed by atoms with Gasteiger partial charge in [0.15, 0.2) is 0 Å². The van der Waals surface area contributed by atoms with Crippen molar-refractivity contribution in [2.75, 3.05) is 6.61 Å². The normalized spacial score (nSPS) is 27.0. The fourth-order valence-electron chi connectivity index (χ4n) is 1.07. The summed E-state index contributed by atoms with van der Waals surface area (Å²) in [5.41, 5.74) is 4.82. The van der Waals surface area contributed by atoms with Gasteiger partial charge in [-0.25, -0.2) is 0 Å². The molecule has 0 aromatic rings. The number of carbonyl (C=O) groups is 1. The summed E-state index contributed by atoms with van der Waals surface area (Å²) in [6.07, 6.45) is -4.46. The smallest absolute Gasteiger partial charge is 0.404 e. The van der Waals surface area contributed by atoms with Crippen molar-refractivity contribution in [3.05, 3.63) is 0 Å². The summed E-state index contributed by atoms with van der Waals surface area (Å²) < 4.78 is 40.2. The number of ether oxygens (including phenoxy) is 1. The average molecular weight is 183 g/mol. The van der Waals surface area contributed by atoms with Crippen molar-refractivity contribution in [1.29, 1.82) is 0 Å². The predicted octanol–water partition coefficient (Wildman–Crippen LogP) is 0.439. The van der Waals surface area contributed by atoms with E-state index in [9.17, 15) is 18.0 Å². The molecule has 12 heavy (non-hydrogen) atoms. The van der Waals surface area contributed by atoms with Crippen LogP contribution in [0, 0.1) is 5.92 Å². The second-order valence-corrected chi connectivity index (χ2v) is 2.63. The van der Waals surface area contributed by atoms with E-state index in [1.54, 1.807) is 0 Å². The molecule has 0 aliphatic carbocycles. The molecule has 1 rings (SSSR count). The third kappa shape index (κ3) is 1.69. The van der Waals surface area contributed by atoms with Gasteiger partial charge in [0.25, 0.3) is 0 Å². The molecule has 6 heteroatoms. The second kappa shape index (κ2) is 2.93. The summed E-state index contributed by atoms with van der Waals surface area (Å²) in [5, 5.41) is 0. The summed E-state index contributed by atoms with van der Waals surface area (Å²) in [5.74, 6) is -2.06. The highest BCUT2D eigenvalue weighted by Gasteiger charge is 2.47. The molecule has 0 bridgehead atoms. The summed E-state index contributed by atoms with van der Waals surface area (Å²) in [7, 11) is 0. The van der Waals surface area contributed by atoms with E-state index in [0.29, 0.717) is 0 Å². The molecule has 0 aromatic heterocycles. The van der Waals surface area contributed by atoms with Crippen molar-refractivity contribution in [3.63, 3.8) is 0 Å². The van der Waals surface area contributed by atoms with Crippen molar-refractivity contribution in [1.82, 2.24) is 0 Å². The number of alkyl halides is 3. The standard InChI is InChI=1S/C6H8F3NO2/c7-6(8,9)4(10)3-1-2-12-5(3)11/h3-4H,1-2,10H2/t3?,4-/m0/s1. The minimum atomic E-state index is -4.52. The minimum Gasteiger partial charge on any atom is -0.465 e. The van der Waals surface area contributed by atoms with Crippen LogP contribution in [0.1, 0.15) is 6.42 Å². The van der Waals surface area contributed by atoms with Gasteiger partial charge >= 0.3 is 12.1 Å². The lowest BCUT2D eigenvalue weighted by atomic mass is 9.99. The van der Waals surface area contributed by atoms with Gasteiger partial charge in [-0.1, -0.05) is 0 Å². The zero-order valence-corrected chi connectivity index (χ0v) is 6.10. The predicted molar refractivity (Wildman–Crippen MR) is 33.1 cm³/mol. The zero-order valence-electron chi connectivity index (χ0n) is 6.10. The number of esters is 1. The fraction of sp³-hybridized carbons (Fsp3) is 0.833. The van der Waals surface area contributed by atoms with Crippen molar-refractivity contribution < 1.29 is 22.7 Å². The van der Waals surface area contributed by atoms with E-state index in [1.165, 1.54) is 0 Å². The quantitative estimate of drug-likeness (QED) is 0.600. The molecule has 1 saturated heterocycles. The van der Waals surface area contributed by atoms with Crippen LogP contribution in [0.5, 0.6) is 0 Å². The number of cyclic esters (lactones) is 1. The molecule has 1 fully saturated rings. The molecule has 2 N–H and O–H groups in total. The molecule has 1 unspecified atom stereocenters. The first-order valence-electron chi connectivity index (χ1n) is 3.42. The summed E-state index contributed by atoms with van der Waals surface area (Å²) in [6, 6.07) is -2.09. The lowest BCUT2D eigenvalue weighted by Gasteiger charge is -2.18. The number of halogens is 3. The number of carbonyl (C=O) groups excluding carboxylic acids is 1. The molecular weight excluding hydrogens is 175 g/mol. The van der Waals surface area contributed by atoms with E-state index >= 15 is 0 Å². The highest BCUT2D eigenvalue weighted by molar-refractivity contribution is 5.75. The first-order valence-corrected chi connectivity index (χ1v) is 3.42. The topological polar surface area (TPSA) is 52.3 Å². The molecule has 0 spiro atoms. The Labute approximate surface area is 66.7 Å². The summed E-state index contributed by atoms with van der Waals surface area (Å²) >= 11 is 0. The van der Waals surface area contributed by atoms with E-state index in [1.807, 2.05) is 0 Å². The highest BCUT2D eigenvalue weighted by Crippen LogP contribution is 2.29. The third-order valence-corrected chi connectivity index (χ3v) is 1.79. The Hall–Kier alpha value is -0.780. The van der Waals surface area contributed by atoms with Crippen molar-refractivity contribution >= 4 is 5.97 Å². The number of hydrogen-bond acceptors (Lipinski definition) is 3. The monoisotopic (exact) mass is 183 g/mol. The van der Waals surface area contributed by atoms with Gasteiger partial charge in [0.05, 0.1) is 12.5 Å². The Balaban J connectivity index is 2.63. The van der Waals surface area contributed by atoms with Gasteiger partial charge in [-0.05, 0) is 6.42 Å². The van der Waals surface area contributed by atoms with Crippen LogP contribution in [-0.2, 0) is 9.53 Å². The van der Waals surface area contributed by atoms with Crippen molar-refractivity contribution in [2.24, 2.45) is 11.7 Å². The van der Waals surface area contributed by atoms with Crippen LogP contribution >= 0.6 is 0 Å². The van der Waals surface area contributed by atoms with Crippen LogP contribution in [0.4, 0.5) is 13.2 Å². The molecule has 0 saturated carbocycles. The second-order valence-electron chi connectivity index (χ2n) is 2.63. The lowest BCUT2D eigenvalue weighted by Crippen LogP contribution is -2.45.